The predicted octanol–water partition coefficient (Wildman–Crippen LogP) is 2.80. The summed E-state index contributed by atoms with van der Waals surface area (Å²) < 4.78 is 5.94. The molecule has 0 aromatic rings. The zero-order valence-corrected chi connectivity index (χ0v) is 13.5. The average Bonchev–Trinajstić information content (AvgIpc) is 2.88. The van der Waals surface area contributed by atoms with E-state index in [2.05, 4.69) is 31.0 Å². The Hall–Kier alpha value is -0.120. The molecular formula is C17H32N2O. The Bertz CT molecular complexity index is 335. The van der Waals surface area contributed by atoms with Crippen LogP contribution in [0.4, 0.5) is 0 Å². The zero-order chi connectivity index (χ0) is 14.2. The maximum absolute atomic E-state index is 5.94. The van der Waals surface area contributed by atoms with E-state index in [1.54, 1.807) is 0 Å². The summed E-state index contributed by atoms with van der Waals surface area (Å²) in [6, 6.07) is 2.21. The van der Waals surface area contributed by atoms with Crippen molar-refractivity contribution in [1.82, 2.24) is 10.2 Å². The number of nitrogens with zero attached hydrogens (tertiary/aromatic N) is 1. The highest BCUT2D eigenvalue weighted by Gasteiger charge is 2.52. The minimum Gasteiger partial charge on any atom is -0.378 e. The highest BCUT2D eigenvalue weighted by atomic mass is 16.5. The molecule has 0 amide bonds. The molecule has 2 saturated heterocycles. The Balaban J connectivity index is 1.58. The summed E-state index contributed by atoms with van der Waals surface area (Å²) in [4.78, 5) is 2.73. The molecule has 3 rings (SSSR count). The molecule has 0 aromatic carbocycles. The van der Waals surface area contributed by atoms with E-state index in [1.807, 2.05) is 0 Å². The first-order valence-corrected chi connectivity index (χ1v) is 8.80. The van der Waals surface area contributed by atoms with E-state index in [0.29, 0.717) is 17.6 Å². The van der Waals surface area contributed by atoms with E-state index in [0.717, 1.165) is 18.7 Å². The first-order chi connectivity index (χ1) is 9.69. The van der Waals surface area contributed by atoms with Crippen LogP contribution in [0.5, 0.6) is 0 Å². The molecule has 3 heteroatoms. The second-order valence-corrected chi connectivity index (χ2v) is 7.25. The average molecular weight is 280 g/mol. The summed E-state index contributed by atoms with van der Waals surface area (Å²) in [5.41, 5.74) is 0.345. The van der Waals surface area contributed by atoms with Crippen molar-refractivity contribution in [3.63, 3.8) is 0 Å². The number of piperidine rings is 1. The third-order valence-corrected chi connectivity index (χ3v) is 6.38. The molecule has 116 valence electrons. The van der Waals surface area contributed by atoms with Gasteiger partial charge in [-0.05, 0) is 45.6 Å². The van der Waals surface area contributed by atoms with E-state index in [9.17, 15) is 0 Å². The van der Waals surface area contributed by atoms with Crippen LogP contribution in [-0.4, -0.2) is 48.8 Å². The number of ether oxygens (including phenoxy) is 1. The minimum atomic E-state index is 0.345. The van der Waals surface area contributed by atoms with Crippen LogP contribution < -0.4 is 5.32 Å². The molecule has 0 bridgehead atoms. The van der Waals surface area contributed by atoms with Gasteiger partial charge in [-0.3, -0.25) is 4.90 Å². The number of hydrogen-bond acceptors (Lipinski definition) is 3. The van der Waals surface area contributed by atoms with Gasteiger partial charge in [0, 0.05) is 36.7 Å². The second kappa shape index (κ2) is 5.94. The van der Waals surface area contributed by atoms with E-state index in [-0.39, 0.29) is 0 Å². The molecule has 3 aliphatic rings. The number of hydrogen-bond donors (Lipinski definition) is 1. The van der Waals surface area contributed by atoms with Crippen LogP contribution in [-0.2, 0) is 4.74 Å². The van der Waals surface area contributed by atoms with Crippen LogP contribution in [0.15, 0.2) is 0 Å². The molecule has 1 N–H and O–H groups in total. The lowest BCUT2D eigenvalue weighted by atomic mass is 9.61. The monoisotopic (exact) mass is 280 g/mol. The Morgan fingerprint density at radius 1 is 1.20 bits per heavy atom. The second-order valence-electron chi connectivity index (χ2n) is 7.25. The standard InChI is InChI=1S/C17H32N2O/c1-4-17(3)15(12-16(17)20-5-2)18-13-9-11-19-10-7-6-8-14(13)19/h13-16,18H,4-12H2,1-3H3. The molecule has 0 radical (unpaired) electrons. The molecule has 3 nitrogen and oxygen atoms in total. The lowest BCUT2D eigenvalue weighted by Crippen LogP contribution is -2.65. The highest BCUT2D eigenvalue weighted by molar-refractivity contribution is 5.07. The molecule has 2 heterocycles. The minimum absolute atomic E-state index is 0.345. The molecular weight excluding hydrogens is 248 g/mol. The van der Waals surface area contributed by atoms with Crippen LogP contribution in [0, 0.1) is 5.41 Å². The number of rotatable bonds is 5. The summed E-state index contributed by atoms with van der Waals surface area (Å²) in [7, 11) is 0. The number of nitrogens with one attached hydrogen (secondary N) is 1. The molecule has 0 aromatic heterocycles. The van der Waals surface area contributed by atoms with Crippen molar-refractivity contribution in [3.05, 3.63) is 0 Å². The van der Waals surface area contributed by atoms with Gasteiger partial charge >= 0.3 is 0 Å². The SMILES string of the molecule is CCOC1CC(NC2CCN3CCCCC23)C1(C)CC. The summed E-state index contributed by atoms with van der Waals surface area (Å²) in [5, 5.41) is 4.02. The Morgan fingerprint density at radius 3 is 2.80 bits per heavy atom. The predicted molar refractivity (Wildman–Crippen MR) is 83.0 cm³/mol. The van der Waals surface area contributed by atoms with Gasteiger partial charge in [-0.25, -0.2) is 0 Å². The summed E-state index contributed by atoms with van der Waals surface area (Å²) in [6.07, 6.45) is 8.49. The molecule has 5 unspecified atom stereocenters. The van der Waals surface area contributed by atoms with Gasteiger partial charge in [0.15, 0.2) is 0 Å². The van der Waals surface area contributed by atoms with Crippen molar-refractivity contribution < 1.29 is 4.74 Å². The summed E-state index contributed by atoms with van der Waals surface area (Å²) >= 11 is 0. The first kappa shape index (κ1) is 14.8. The molecule has 0 spiro atoms. The maximum Gasteiger partial charge on any atom is 0.0658 e. The van der Waals surface area contributed by atoms with E-state index < -0.39 is 0 Å². The molecule has 1 aliphatic carbocycles. The van der Waals surface area contributed by atoms with Crippen molar-refractivity contribution in [1.29, 1.82) is 0 Å². The smallest absolute Gasteiger partial charge is 0.0658 e. The topological polar surface area (TPSA) is 24.5 Å². The van der Waals surface area contributed by atoms with Crippen LogP contribution in [0.1, 0.15) is 59.3 Å². The quantitative estimate of drug-likeness (QED) is 0.838. The lowest BCUT2D eigenvalue weighted by molar-refractivity contribution is -0.128. The van der Waals surface area contributed by atoms with Gasteiger partial charge < -0.3 is 10.1 Å². The third kappa shape index (κ3) is 2.42. The molecule has 2 aliphatic heterocycles. The van der Waals surface area contributed by atoms with Gasteiger partial charge in [0.25, 0.3) is 0 Å². The van der Waals surface area contributed by atoms with E-state index in [1.165, 1.54) is 51.6 Å². The fourth-order valence-corrected chi connectivity index (χ4v) is 4.71. The van der Waals surface area contributed by atoms with Crippen molar-refractivity contribution in [2.45, 2.75) is 83.5 Å². The normalized spacial score (nSPS) is 45.1. The molecule has 1 saturated carbocycles. The fourth-order valence-electron chi connectivity index (χ4n) is 4.71. The Morgan fingerprint density at radius 2 is 2.05 bits per heavy atom. The molecule has 3 fully saturated rings. The highest BCUT2D eigenvalue weighted by Crippen LogP contribution is 2.46. The third-order valence-electron chi connectivity index (χ3n) is 6.38. The number of fused-ring (bicyclic) bond motifs is 1. The van der Waals surface area contributed by atoms with Gasteiger partial charge in [-0.1, -0.05) is 20.3 Å². The van der Waals surface area contributed by atoms with E-state index in [4.69, 9.17) is 4.74 Å². The molecule has 20 heavy (non-hydrogen) atoms. The van der Waals surface area contributed by atoms with Gasteiger partial charge in [0.1, 0.15) is 0 Å². The van der Waals surface area contributed by atoms with Crippen LogP contribution >= 0.6 is 0 Å². The van der Waals surface area contributed by atoms with Gasteiger partial charge in [0.2, 0.25) is 0 Å². The van der Waals surface area contributed by atoms with Gasteiger partial charge in [-0.2, -0.15) is 0 Å². The fraction of sp³-hybridized carbons (Fsp3) is 1.00. The van der Waals surface area contributed by atoms with E-state index >= 15 is 0 Å². The van der Waals surface area contributed by atoms with Crippen molar-refractivity contribution in [3.8, 4) is 0 Å². The summed E-state index contributed by atoms with van der Waals surface area (Å²) in [6.45, 7) is 10.4. The summed E-state index contributed by atoms with van der Waals surface area (Å²) in [5.74, 6) is 0. The van der Waals surface area contributed by atoms with Crippen molar-refractivity contribution >= 4 is 0 Å². The Labute approximate surface area is 124 Å². The Kier molecular flexibility index (Phi) is 4.40. The van der Waals surface area contributed by atoms with Gasteiger partial charge in [0.05, 0.1) is 6.10 Å². The largest absolute Gasteiger partial charge is 0.378 e. The van der Waals surface area contributed by atoms with Crippen LogP contribution in [0.2, 0.25) is 0 Å². The maximum atomic E-state index is 5.94. The lowest BCUT2D eigenvalue weighted by Gasteiger charge is -2.55. The van der Waals surface area contributed by atoms with Gasteiger partial charge in [-0.15, -0.1) is 0 Å². The van der Waals surface area contributed by atoms with Crippen LogP contribution in [0.3, 0.4) is 0 Å². The van der Waals surface area contributed by atoms with Crippen molar-refractivity contribution in [2.75, 3.05) is 19.7 Å². The zero-order valence-electron chi connectivity index (χ0n) is 13.5. The first-order valence-electron chi connectivity index (χ1n) is 8.80. The van der Waals surface area contributed by atoms with Crippen molar-refractivity contribution in [2.24, 2.45) is 5.41 Å². The molecule has 5 atom stereocenters. The van der Waals surface area contributed by atoms with Crippen LogP contribution in [0.25, 0.3) is 0 Å².